The smallest absolute Gasteiger partial charge is 0.251 e. The number of nitrogens with one attached hydrogen (secondary N) is 1. The minimum atomic E-state index is -0.416. The molecule has 0 spiro atoms. The highest BCUT2D eigenvalue weighted by atomic mass is 79.9. The molecule has 2 aromatic rings. The summed E-state index contributed by atoms with van der Waals surface area (Å²) in [6.45, 7) is 1.89. The third-order valence-corrected chi connectivity index (χ3v) is 3.53. The Morgan fingerprint density at radius 3 is 2.63 bits per heavy atom. The highest BCUT2D eigenvalue weighted by Crippen LogP contribution is 2.23. The monoisotopic (exact) mass is 321 g/mol. The molecule has 0 saturated heterocycles. The molecule has 4 heteroatoms. The summed E-state index contributed by atoms with van der Waals surface area (Å²) in [5.41, 5.74) is 1.30. The van der Waals surface area contributed by atoms with E-state index in [1.807, 2.05) is 31.2 Å². The van der Waals surface area contributed by atoms with E-state index in [0.717, 1.165) is 10.0 Å². The van der Waals surface area contributed by atoms with Crippen LogP contribution in [0.4, 0.5) is 4.39 Å². The van der Waals surface area contributed by atoms with Crippen molar-refractivity contribution in [1.82, 2.24) is 5.32 Å². The number of hydrogen-bond acceptors (Lipinski definition) is 1. The molecular formula is C15H13BrFNO. The summed E-state index contributed by atoms with van der Waals surface area (Å²) in [6, 6.07) is 13.2. The molecule has 1 amide bonds. The summed E-state index contributed by atoms with van der Waals surface area (Å²) < 4.78 is 14.0. The van der Waals surface area contributed by atoms with Gasteiger partial charge in [-0.2, -0.15) is 0 Å². The molecule has 0 aliphatic heterocycles. The molecule has 0 heterocycles. The zero-order valence-electron chi connectivity index (χ0n) is 10.4. The Bertz CT molecular complexity index is 600. The first-order valence-electron chi connectivity index (χ1n) is 5.89. The van der Waals surface area contributed by atoms with Gasteiger partial charge in [0.25, 0.3) is 5.91 Å². The van der Waals surface area contributed by atoms with E-state index in [0.29, 0.717) is 5.56 Å². The summed E-state index contributed by atoms with van der Waals surface area (Å²) >= 11 is 3.44. The topological polar surface area (TPSA) is 29.1 Å². The molecule has 1 unspecified atom stereocenters. The van der Waals surface area contributed by atoms with E-state index in [9.17, 15) is 9.18 Å². The minimum absolute atomic E-state index is 0.161. The minimum Gasteiger partial charge on any atom is -0.345 e. The van der Waals surface area contributed by atoms with E-state index in [-0.39, 0.29) is 11.9 Å². The van der Waals surface area contributed by atoms with Crippen molar-refractivity contribution < 1.29 is 9.18 Å². The molecule has 0 fully saturated rings. The molecule has 0 radical (unpaired) electrons. The van der Waals surface area contributed by atoms with E-state index in [4.69, 9.17) is 0 Å². The molecule has 2 nitrogen and oxygen atoms in total. The average molecular weight is 322 g/mol. The second-order valence-electron chi connectivity index (χ2n) is 4.23. The molecule has 0 aliphatic carbocycles. The molecule has 19 heavy (non-hydrogen) atoms. The Morgan fingerprint density at radius 1 is 1.21 bits per heavy atom. The van der Waals surface area contributed by atoms with E-state index < -0.39 is 5.82 Å². The lowest BCUT2D eigenvalue weighted by molar-refractivity contribution is 0.0939. The van der Waals surface area contributed by atoms with Gasteiger partial charge < -0.3 is 5.32 Å². The van der Waals surface area contributed by atoms with E-state index >= 15 is 0 Å². The normalized spacial score (nSPS) is 11.9. The predicted molar refractivity (Wildman–Crippen MR) is 76.4 cm³/mol. The van der Waals surface area contributed by atoms with Crippen molar-refractivity contribution in [2.45, 2.75) is 13.0 Å². The van der Waals surface area contributed by atoms with Gasteiger partial charge in [0.1, 0.15) is 5.82 Å². The van der Waals surface area contributed by atoms with Gasteiger partial charge in [-0.05, 0) is 36.8 Å². The molecule has 98 valence electrons. The van der Waals surface area contributed by atoms with Crippen LogP contribution < -0.4 is 5.32 Å². The van der Waals surface area contributed by atoms with Gasteiger partial charge in [0.05, 0.1) is 6.04 Å². The molecule has 0 saturated carbocycles. The Labute approximate surface area is 119 Å². The standard InChI is InChI=1S/C15H13BrFNO/c1-10(13-7-2-3-8-14(13)16)18-15(19)11-5-4-6-12(17)9-11/h2-10H,1H3,(H,18,19). The van der Waals surface area contributed by atoms with Crippen LogP contribution in [0.5, 0.6) is 0 Å². The Kier molecular flexibility index (Phi) is 4.32. The lowest BCUT2D eigenvalue weighted by Gasteiger charge is -2.15. The fraction of sp³-hybridized carbons (Fsp3) is 0.133. The summed E-state index contributed by atoms with van der Waals surface area (Å²) in [5, 5.41) is 2.84. The van der Waals surface area contributed by atoms with Crippen LogP contribution in [0.1, 0.15) is 28.9 Å². The third kappa shape index (κ3) is 3.41. The second-order valence-corrected chi connectivity index (χ2v) is 5.08. The molecule has 2 aromatic carbocycles. The second kappa shape index (κ2) is 5.97. The van der Waals surface area contributed by atoms with Gasteiger partial charge in [-0.3, -0.25) is 4.79 Å². The van der Waals surface area contributed by atoms with Crippen LogP contribution in [0.2, 0.25) is 0 Å². The Hall–Kier alpha value is -1.68. The molecule has 1 atom stereocenters. The van der Waals surface area contributed by atoms with Gasteiger partial charge >= 0.3 is 0 Å². The molecule has 1 N–H and O–H groups in total. The highest BCUT2D eigenvalue weighted by Gasteiger charge is 2.13. The molecule has 0 bridgehead atoms. The number of carbonyl (C=O) groups excluding carboxylic acids is 1. The first-order valence-corrected chi connectivity index (χ1v) is 6.68. The van der Waals surface area contributed by atoms with Crippen molar-refractivity contribution in [1.29, 1.82) is 0 Å². The first kappa shape index (κ1) is 13.7. The largest absolute Gasteiger partial charge is 0.345 e. The maximum absolute atomic E-state index is 13.1. The average Bonchev–Trinajstić information content (AvgIpc) is 2.39. The van der Waals surface area contributed by atoms with Gasteiger partial charge in [0.2, 0.25) is 0 Å². The zero-order chi connectivity index (χ0) is 13.8. The number of hydrogen-bond donors (Lipinski definition) is 1. The third-order valence-electron chi connectivity index (χ3n) is 2.81. The quantitative estimate of drug-likeness (QED) is 0.906. The van der Waals surface area contributed by atoms with Crippen LogP contribution in [-0.4, -0.2) is 5.91 Å². The maximum atomic E-state index is 13.1. The lowest BCUT2D eigenvalue weighted by Crippen LogP contribution is -2.26. The van der Waals surface area contributed by atoms with Crippen molar-refractivity contribution in [3.63, 3.8) is 0 Å². The van der Waals surface area contributed by atoms with Crippen molar-refractivity contribution in [2.75, 3.05) is 0 Å². The van der Waals surface area contributed by atoms with E-state index in [1.54, 1.807) is 6.07 Å². The summed E-state index contributed by atoms with van der Waals surface area (Å²) in [5.74, 6) is -0.705. The van der Waals surface area contributed by atoms with Crippen LogP contribution >= 0.6 is 15.9 Å². The maximum Gasteiger partial charge on any atom is 0.251 e. The Balaban J connectivity index is 2.13. The van der Waals surface area contributed by atoms with Crippen molar-refractivity contribution >= 4 is 21.8 Å². The van der Waals surface area contributed by atoms with Crippen molar-refractivity contribution in [3.05, 3.63) is 69.9 Å². The lowest BCUT2D eigenvalue weighted by atomic mass is 10.1. The van der Waals surface area contributed by atoms with Crippen LogP contribution in [0, 0.1) is 5.82 Å². The first-order chi connectivity index (χ1) is 9.08. The van der Waals surface area contributed by atoms with Gasteiger partial charge in [-0.25, -0.2) is 4.39 Å². The number of amides is 1. The van der Waals surface area contributed by atoms with Crippen LogP contribution in [-0.2, 0) is 0 Å². The van der Waals surface area contributed by atoms with Gasteiger partial charge in [0, 0.05) is 10.0 Å². The van der Waals surface area contributed by atoms with E-state index in [2.05, 4.69) is 21.2 Å². The SMILES string of the molecule is CC(NC(=O)c1cccc(F)c1)c1ccccc1Br. The van der Waals surface area contributed by atoms with Crippen molar-refractivity contribution in [3.8, 4) is 0 Å². The number of carbonyl (C=O) groups is 1. The van der Waals surface area contributed by atoms with E-state index in [1.165, 1.54) is 18.2 Å². The number of halogens is 2. The van der Waals surface area contributed by atoms with Crippen LogP contribution in [0.15, 0.2) is 53.0 Å². The predicted octanol–water partition coefficient (Wildman–Crippen LogP) is 4.08. The molecular weight excluding hydrogens is 309 g/mol. The highest BCUT2D eigenvalue weighted by molar-refractivity contribution is 9.10. The van der Waals surface area contributed by atoms with Crippen LogP contribution in [0.3, 0.4) is 0 Å². The van der Waals surface area contributed by atoms with Crippen LogP contribution in [0.25, 0.3) is 0 Å². The fourth-order valence-corrected chi connectivity index (χ4v) is 2.44. The Morgan fingerprint density at radius 2 is 1.95 bits per heavy atom. The summed E-state index contributed by atoms with van der Waals surface area (Å²) in [6.07, 6.45) is 0. The number of benzene rings is 2. The summed E-state index contributed by atoms with van der Waals surface area (Å²) in [7, 11) is 0. The van der Waals surface area contributed by atoms with Gasteiger partial charge in [0.15, 0.2) is 0 Å². The number of rotatable bonds is 3. The fourth-order valence-electron chi connectivity index (χ4n) is 1.81. The van der Waals surface area contributed by atoms with Crippen molar-refractivity contribution in [2.24, 2.45) is 0 Å². The van der Waals surface area contributed by atoms with Gasteiger partial charge in [-0.1, -0.05) is 40.2 Å². The van der Waals surface area contributed by atoms with Gasteiger partial charge in [-0.15, -0.1) is 0 Å². The molecule has 0 aromatic heterocycles. The zero-order valence-corrected chi connectivity index (χ0v) is 11.9. The summed E-state index contributed by atoms with van der Waals surface area (Å²) in [4.78, 5) is 12.0. The molecule has 2 rings (SSSR count). The molecule has 0 aliphatic rings.